The summed E-state index contributed by atoms with van der Waals surface area (Å²) in [6.07, 6.45) is 0.488. The summed E-state index contributed by atoms with van der Waals surface area (Å²) in [7, 11) is 1.67. The number of ether oxygens (including phenoxy) is 2. The van der Waals surface area contributed by atoms with Crippen molar-refractivity contribution in [3.05, 3.63) is 94.5 Å². The van der Waals surface area contributed by atoms with Gasteiger partial charge in [-0.3, -0.25) is 0 Å². The van der Waals surface area contributed by atoms with Gasteiger partial charge in [-0.05, 0) is 36.4 Å². The van der Waals surface area contributed by atoms with Crippen LogP contribution in [0.2, 0.25) is 5.02 Å². The van der Waals surface area contributed by atoms with Gasteiger partial charge >= 0.3 is 0 Å². The number of hydrogen-bond acceptors (Lipinski definition) is 4. The lowest BCUT2D eigenvalue weighted by Crippen LogP contribution is -2.33. The van der Waals surface area contributed by atoms with Gasteiger partial charge in [0.2, 0.25) is 6.23 Å². The Balaban J connectivity index is 1.59. The maximum atomic E-state index is 6.44. The van der Waals surface area contributed by atoms with Crippen LogP contribution >= 0.6 is 11.6 Å². The van der Waals surface area contributed by atoms with E-state index in [0.29, 0.717) is 0 Å². The van der Waals surface area contributed by atoms with E-state index in [0.717, 1.165) is 45.3 Å². The standard InChI is InChI=1S/C23H19ClN2O2/c1-27-16-12-10-15(11-13-16)23-26-21(18-7-3-5-9-22(18)28-23)14-20(25-26)17-6-2-4-8-19(17)24/h2-13,21,23H,14H2,1H3/t21-,23-/m0/s1. The summed E-state index contributed by atoms with van der Waals surface area (Å²) in [5.41, 5.74) is 4.14. The molecule has 0 saturated heterocycles. The predicted molar refractivity (Wildman–Crippen MR) is 110 cm³/mol. The Morgan fingerprint density at radius 3 is 2.54 bits per heavy atom. The van der Waals surface area contributed by atoms with Crippen molar-refractivity contribution < 1.29 is 9.47 Å². The van der Waals surface area contributed by atoms with Crippen molar-refractivity contribution >= 4 is 17.3 Å². The second-order valence-corrected chi connectivity index (χ2v) is 7.31. The normalized spacial score (nSPS) is 20.1. The molecule has 3 aromatic carbocycles. The number of nitrogens with zero attached hydrogens (tertiary/aromatic N) is 2. The average molecular weight is 391 g/mol. The Labute approximate surface area is 169 Å². The highest BCUT2D eigenvalue weighted by atomic mass is 35.5. The monoisotopic (exact) mass is 390 g/mol. The number of hydrogen-bond donors (Lipinski definition) is 0. The highest BCUT2D eigenvalue weighted by Crippen LogP contribution is 2.47. The quantitative estimate of drug-likeness (QED) is 0.584. The zero-order chi connectivity index (χ0) is 19.1. The van der Waals surface area contributed by atoms with Gasteiger partial charge < -0.3 is 9.47 Å². The molecule has 2 heterocycles. The van der Waals surface area contributed by atoms with Crippen molar-refractivity contribution in [2.75, 3.05) is 7.11 Å². The summed E-state index contributed by atoms with van der Waals surface area (Å²) in [6.45, 7) is 0. The first-order valence-corrected chi connectivity index (χ1v) is 9.62. The summed E-state index contributed by atoms with van der Waals surface area (Å²) in [4.78, 5) is 0. The molecule has 0 N–H and O–H groups in total. The predicted octanol–water partition coefficient (Wildman–Crippen LogP) is 5.59. The molecule has 3 aromatic rings. The SMILES string of the molecule is COc1ccc([C@@H]2Oc3ccccc3[C@@H]3CC(c4ccccc4Cl)=NN32)cc1. The number of para-hydroxylation sites is 1. The van der Waals surface area contributed by atoms with Crippen LogP contribution in [0, 0.1) is 0 Å². The average Bonchev–Trinajstić information content (AvgIpc) is 3.19. The topological polar surface area (TPSA) is 34.1 Å². The molecular weight excluding hydrogens is 372 g/mol. The first-order valence-electron chi connectivity index (χ1n) is 9.25. The maximum absolute atomic E-state index is 6.44. The van der Waals surface area contributed by atoms with Gasteiger partial charge in [-0.15, -0.1) is 0 Å². The van der Waals surface area contributed by atoms with E-state index >= 15 is 0 Å². The van der Waals surface area contributed by atoms with Gasteiger partial charge in [0, 0.05) is 28.1 Å². The van der Waals surface area contributed by atoms with Gasteiger partial charge in [0.05, 0.1) is 18.9 Å². The largest absolute Gasteiger partial charge is 0.497 e. The van der Waals surface area contributed by atoms with Crippen LogP contribution in [0.5, 0.6) is 11.5 Å². The number of hydrazone groups is 1. The molecule has 5 rings (SSSR count). The fourth-order valence-electron chi connectivity index (χ4n) is 3.88. The number of benzene rings is 3. The molecular formula is C23H19ClN2O2. The second kappa shape index (κ2) is 6.88. The molecule has 0 radical (unpaired) electrons. The summed E-state index contributed by atoms with van der Waals surface area (Å²) >= 11 is 6.44. The van der Waals surface area contributed by atoms with E-state index in [4.69, 9.17) is 26.2 Å². The van der Waals surface area contributed by atoms with E-state index in [-0.39, 0.29) is 12.3 Å². The smallest absolute Gasteiger partial charge is 0.213 e. The number of fused-ring (bicyclic) bond motifs is 3. The molecule has 28 heavy (non-hydrogen) atoms. The molecule has 4 nitrogen and oxygen atoms in total. The molecule has 0 saturated carbocycles. The summed E-state index contributed by atoms with van der Waals surface area (Å²) in [5, 5.41) is 7.73. The fourth-order valence-corrected chi connectivity index (χ4v) is 4.13. The van der Waals surface area contributed by atoms with Crippen LogP contribution in [0.3, 0.4) is 0 Å². The van der Waals surface area contributed by atoms with Crippen LogP contribution in [-0.2, 0) is 0 Å². The minimum atomic E-state index is -0.300. The molecule has 2 atom stereocenters. The Kier molecular flexibility index (Phi) is 4.21. The Hall–Kier alpha value is -2.98. The van der Waals surface area contributed by atoms with Crippen LogP contribution in [-0.4, -0.2) is 17.8 Å². The van der Waals surface area contributed by atoms with Crippen molar-refractivity contribution in [3.8, 4) is 11.5 Å². The molecule has 0 unspecified atom stereocenters. The molecule has 0 spiro atoms. The third kappa shape index (κ3) is 2.81. The molecule has 0 bridgehead atoms. The summed E-state index contributed by atoms with van der Waals surface area (Å²) < 4.78 is 11.7. The van der Waals surface area contributed by atoms with E-state index in [2.05, 4.69) is 11.1 Å². The van der Waals surface area contributed by atoms with Crippen molar-refractivity contribution in [1.29, 1.82) is 0 Å². The van der Waals surface area contributed by atoms with Crippen LogP contribution in [0.4, 0.5) is 0 Å². The van der Waals surface area contributed by atoms with E-state index < -0.39 is 0 Å². The lowest BCUT2D eigenvalue weighted by atomic mass is 9.96. The molecule has 0 fully saturated rings. The Morgan fingerprint density at radius 2 is 1.75 bits per heavy atom. The number of rotatable bonds is 3. The second-order valence-electron chi connectivity index (χ2n) is 6.91. The zero-order valence-electron chi connectivity index (χ0n) is 15.4. The lowest BCUT2D eigenvalue weighted by Gasteiger charge is -2.38. The van der Waals surface area contributed by atoms with Gasteiger partial charge in [0.1, 0.15) is 11.5 Å². The first-order chi connectivity index (χ1) is 13.7. The lowest BCUT2D eigenvalue weighted by molar-refractivity contribution is -0.0190. The third-order valence-corrected chi connectivity index (χ3v) is 5.61. The Morgan fingerprint density at radius 1 is 1.00 bits per heavy atom. The van der Waals surface area contributed by atoms with Crippen molar-refractivity contribution in [2.45, 2.75) is 18.7 Å². The minimum Gasteiger partial charge on any atom is -0.497 e. The highest BCUT2D eigenvalue weighted by Gasteiger charge is 2.41. The third-order valence-electron chi connectivity index (χ3n) is 5.28. The molecule has 2 aliphatic heterocycles. The molecule has 140 valence electrons. The molecule has 0 aliphatic carbocycles. The molecule has 2 aliphatic rings. The number of methoxy groups -OCH3 is 1. The summed E-state index contributed by atoms with van der Waals surface area (Å²) in [6, 6.07) is 24.1. The van der Waals surface area contributed by atoms with Gasteiger partial charge in [-0.25, -0.2) is 5.01 Å². The van der Waals surface area contributed by atoms with Crippen molar-refractivity contribution in [2.24, 2.45) is 5.10 Å². The maximum Gasteiger partial charge on any atom is 0.213 e. The molecule has 0 aromatic heterocycles. The molecule has 5 heteroatoms. The molecule has 0 amide bonds. The van der Waals surface area contributed by atoms with Gasteiger partial charge in [0.25, 0.3) is 0 Å². The van der Waals surface area contributed by atoms with Crippen LogP contribution in [0.25, 0.3) is 0 Å². The van der Waals surface area contributed by atoms with Crippen molar-refractivity contribution in [1.82, 2.24) is 5.01 Å². The van der Waals surface area contributed by atoms with Gasteiger partial charge in [-0.2, -0.15) is 5.10 Å². The summed E-state index contributed by atoms with van der Waals surface area (Å²) in [5.74, 6) is 1.72. The first kappa shape index (κ1) is 17.1. The van der Waals surface area contributed by atoms with Crippen molar-refractivity contribution in [3.63, 3.8) is 0 Å². The zero-order valence-corrected chi connectivity index (χ0v) is 16.1. The van der Waals surface area contributed by atoms with E-state index in [1.807, 2.05) is 66.7 Å². The van der Waals surface area contributed by atoms with Gasteiger partial charge in [-0.1, -0.05) is 48.0 Å². The van der Waals surface area contributed by atoms with E-state index in [1.165, 1.54) is 0 Å². The van der Waals surface area contributed by atoms with Crippen LogP contribution < -0.4 is 9.47 Å². The number of halogens is 1. The van der Waals surface area contributed by atoms with Gasteiger partial charge in [0.15, 0.2) is 0 Å². The fraction of sp³-hybridized carbons (Fsp3) is 0.174. The highest BCUT2D eigenvalue weighted by molar-refractivity contribution is 6.34. The minimum absolute atomic E-state index is 0.114. The van der Waals surface area contributed by atoms with Crippen LogP contribution in [0.1, 0.15) is 35.4 Å². The Bertz CT molecular complexity index is 1050. The van der Waals surface area contributed by atoms with Crippen LogP contribution in [0.15, 0.2) is 77.9 Å². The van der Waals surface area contributed by atoms with E-state index in [1.54, 1.807) is 7.11 Å². The van der Waals surface area contributed by atoms with E-state index in [9.17, 15) is 0 Å².